The molecule has 0 atom stereocenters. The highest BCUT2D eigenvalue weighted by molar-refractivity contribution is 5.89. The Balaban J connectivity index is 2.19. The first-order chi connectivity index (χ1) is 49.5. The highest BCUT2D eigenvalue weighted by Gasteiger charge is 2.24. The molecule has 0 N–H and O–H groups in total. The zero-order chi connectivity index (χ0) is 71.5. The third-order valence-electron chi connectivity index (χ3n) is 20.6. The largest absolute Gasteiger partial charge is 0.490 e. The summed E-state index contributed by atoms with van der Waals surface area (Å²) in [5.74, 6) is 4.02. The van der Waals surface area contributed by atoms with Crippen LogP contribution in [-0.2, 0) is 0 Å². The minimum absolute atomic E-state index is 0.328. The molecule has 570 valence electrons. The third kappa shape index (κ3) is 44.8. The summed E-state index contributed by atoms with van der Waals surface area (Å²) in [6, 6.07) is 17.2. The molecule has 0 aliphatic carbocycles. The van der Waals surface area contributed by atoms with E-state index in [0.29, 0.717) is 85.3 Å². The fourth-order valence-corrected chi connectivity index (χ4v) is 14.1. The van der Waals surface area contributed by atoms with E-state index in [0.717, 1.165) is 99.3 Å². The predicted octanol–water partition coefficient (Wildman–Crippen LogP) is 30.6. The van der Waals surface area contributed by atoms with Gasteiger partial charge in [0.1, 0.15) is 12.1 Å². The molecule has 8 heteroatoms. The first-order valence-electron chi connectivity index (χ1n) is 43.6. The van der Waals surface area contributed by atoms with E-state index < -0.39 is 0 Å². The molecule has 0 spiro atoms. The van der Waals surface area contributed by atoms with Crippen molar-refractivity contribution in [1.29, 1.82) is 10.5 Å². The molecular weight excluding hydrogens is 1230 g/mol. The number of rotatable bonds is 74. The molecular formula is C92H156N2O6. The van der Waals surface area contributed by atoms with E-state index in [9.17, 15) is 10.5 Å². The smallest absolute Gasteiger partial charge is 0.203 e. The lowest BCUT2D eigenvalue weighted by molar-refractivity contribution is 0.234. The van der Waals surface area contributed by atoms with E-state index in [1.165, 1.54) is 308 Å². The molecule has 0 heterocycles. The maximum Gasteiger partial charge on any atom is 0.203 e. The Bertz CT molecular complexity index is 2180. The van der Waals surface area contributed by atoms with E-state index in [4.69, 9.17) is 28.4 Å². The summed E-state index contributed by atoms with van der Waals surface area (Å²) in [4.78, 5) is 0. The average Bonchev–Trinajstić information content (AvgIpc) is 0.768. The number of benzene rings is 3. The standard InChI is InChI=1S/C92H156N2O6/c1-7-13-19-25-31-37-43-49-55-61-67-95-87-75-81(76-88(96-68-62-56-50-44-38-32-26-20-14-8-2)91(87)99-71-65-59-53-47-41-35-29-23-17-11-5)85-73-83(79-93)84(80-94)74-86(85)82-77-89(97-69-63-57-51-45-39-33-27-21-15-9-3)92(100-72-66-60-54-48-42-36-30-24-18-12-6)90(78-82)98-70-64-58-52-46-40-34-28-22-16-10-4/h73-78H,7-72H2,1-6H3. The van der Waals surface area contributed by atoms with Gasteiger partial charge in [-0.15, -0.1) is 0 Å². The van der Waals surface area contributed by atoms with Crippen molar-refractivity contribution in [1.82, 2.24) is 0 Å². The molecule has 0 bridgehead atoms. The van der Waals surface area contributed by atoms with E-state index in [1.54, 1.807) is 0 Å². The van der Waals surface area contributed by atoms with Crippen LogP contribution in [0.15, 0.2) is 36.4 Å². The molecule has 0 aliphatic heterocycles. The van der Waals surface area contributed by atoms with Gasteiger partial charge in [-0.3, -0.25) is 0 Å². The minimum Gasteiger partial charge on any atom is -0.490 e. The second-order valence-electron chi connectivity index (χ2n) is 30.0. The second kappa shape index (κ2) is 66.4. The Labute approximate surface area is 618 Å². The van der Waals surface area contributed by atoms with Gasteiger partial charge in [0.25, 0.3) is 0 Å². The van der Waals surface area contributed by atoms with Gasteiger partial charge in [-0.2, -0.15) is 10.5 Å². The molecule has 0 fully saturated rings. The lowest BCUT2D eigenvalue weighted by Crippen LogP contribution is -2.07. The summed E-state index contributed by atoms with van der Waals surface area (Å²) < 4.78 is 41.9. The Kier molecular flexibility index (Phi) is 59.5. The zero-order valence-electron chi connectivity index (χ0n) is 66.5. The van der Waals surface area contributed by atoms with Gasteiger partial charge in [-0.25, -0.2) is 0 Å². The van der Waals surface area contributed by atoms with Crippen LogP contribution in [0.3, 0.4) is 0 Å². The molecule has 0 saturated heterocycles. The summed E-state index contributed by atoms with van der Waals surface area (Å²) >= 11 is 0. The molecule has 0 radical (unpaired) electrons. The summed E-state index contributed by atoms with van der Waals surface area (Å²) in [6.07, 6.45) is 75.1. The lowest BCUT2D eigenvalue weighted by atomic mass is 9.90. The highest BCUT2D eigenvalue weighted by atomic mass is 16.5. The van der Waals surface area contributed by atoms with Crippen molar-refractivity contribution in [2.24, 2.45) is 0 Å². The Morgan fingerprint density at radius 2 is 0.350 bits per heavy atom. The average molecular weight is 1390 g/mol. The molecule has 3 aromatic carbocycles. The summed E-state index contributed by atoms with van der Waals surface area (Å²) in [5.41, 5.74) is 3.97. The Hall–Kier alpha value is -4.56. The topological polar surface area (TPSA) is 103 Å². The monoisotopic (exact) mass is 1390 g/mol. The van der Waals surface area contributed by atoms with Gasteiger partial charge < -0.3 is 28.4 Å². The van der Waals surface area contributed by atoms with Crippen molar-refractivity contribution in [3.63, 3.8) is 0 Å². The van der Waals surface area contributed by atoms with E-state index in [1.807, 2.05) is 12.1 Å². The van der Waals surface area contributed by atoms with Gasteiger partial charge >= 0.3 is 0 Å². The van der Waals surface area contributed by atoms with Crippen molar-refractivity contribution >= 4 is 0 Å². The molecule has 0 aromatic heterocycles. The first-order valence-corrected chi connectivity index (χ1v) is 43.6. The van der Waals surface area contributed by atoms with E-state index >= 15 is 0 Å². The van der Waals surface area contributed by atoms with Crippen LogP contribution >= 0.6 is 0 Å². The van der Waals surface area contributed by atoms with Crippen LogP contribution in [0.1, 0.15) is 438 Å². The minimum atomic E-state index is 0.328. The fourth-order valence-electron chi connectivity index (χ4n) is 14.1. The summed E-state index contributed by atoms with van der Waals surface area (Å²) in [6.45, 7) is 17.2. The number of hydrogen-bond acceptors (Lipinski definition) is 8. The van der Waals surface area contributed by atoms with Crippen molar-refractivity contribution in [3.05, 3.63) is 47.5 Å². The molecule has 3 aromatic rings. The Morgan fingerprint density at radius 3 is 0.510 bits per heavy atom. The first kappa shape index (κ1) is 89.7. The molecule has 0 amide bonds. The highest BCUT2D eigenvalue weighted by Crippen LogP contribution is 2.48. The Morgan fingerprint density at radius 1 is 0.200 bits per heavy atom. The van der Waals surface area contributed by atoms with Crippen LogP contribution in [-0.4, -0.2) is 39.6 Å². The van der Waals surface area contributed by atoms with Crippen LogP contribution in [0.4, 0.5) is 0 Å². The second-order valence-corrected chi connectivity index (χ2v) is 30.0. The van der Waals surface area contributed by atoms with Crippen LogP contribution in [0.25, 0.3) is 22.3 Å². The normalized spacial score (nSPS) is 11.3. The number of nitrogens with zero attached hydrogens (tertiary/aromatic N) is 2. The molecule has 0 aliphatic rings. The molecule has 0 unspecified atom stereocenters. The van der Waals surface area contributed by atoms with Gasteiger partial charge in [-0.05, 0) is 97.2 Å². The van der Waals surface area contributed by atoms with Crippen LogP contribution < -0.4 is 28.4 Å². The van der Waals surface area contributed by atoms with E-state index in [-0.39, 0.29) is 0 Å². The van der Waals surface area contributed by atoms with Gasteiger partial charge in [0.05, 0.1) is 50.8 Å². The summed E-state index contributed by atoms with van der Waals surface area (Å²) in [7, 11) is 0. The molecule has 3 rings (SSSR count). The van der Waals surface area contributed by atoms with Gasteiger partial charge in [0.15, 0.2) is 23.0 Å². The van der Waals surface area contributed by atoms with Crippen molar-refractivity contribution < 1.29 is 28.4 Å². The van der Waals surface area contributed by atoms with Gasteiger partial charge in [-0.1, -0.05) is 388 Å². The van der Waals surface area contributed by atoms with Gasteiger partial charge in [0, 0.05) is 0 Å². The molecule has 0 saturated carbocycles. The maximum atomic E-state index is 10.9. The van der Waals surface area contributed by atoms with E-state index in [2.05, 4.69) is 77.9 Å². The number of ether oxygens (including phenoxy) is 6. The zero-order valence-corrected chi connectivity index (χ0v) is 66.5. The third-order valence-corrected chi connectivity index (χ3v) is 20.6. The predicted molar refractivity (Wildman–Crippen MR) is 431 cm³/mol. The SMILES string of the molecule is CCCCCCCCCCCCOc1cc(-c2cc(C#N)c(C#N)cc2-c2cc(OCCCCCCCCCCCC)c(OCCCCCCCCCCCC)c(OCCCCCCCCCCCC)c2)cc(OCCCCCCCCCCCC)c1OCCCCCCCCCCCC. The maximum absolute atomic E-state index is 10.9. The lowest BCUT2D eigenvalue weighted by Gasteiger charge is -2.22. The van der Waals surface area contributed by atoms with Crippen LogP contribution in [0.2, 0.25) is 0 Å². The van der Waals surface area contributed by atoms with Gasteiger partial charge in [0.2, 0.25) is 11.5 Å². The molecule has 100 heavy (non-hydrogen) atoms. The van der Waals surface area contributed by atoms with Crippen LogP contribution in [0.5, 0.6) is 34.5 Å². The number of hydrogen-bond donors (Lipinski definition) is 0. The number of unbranched alkanes of at least 4 members (excludes halogenated alkanes) is 54. The van der Waals surface area contributed by atoms with Crippen molar-refractivity contribution in [3.8, 4) is 68.9 Å². The van der Waals surface area contributed by atoms with Crippen molar-refractivity contribution in [2.45, 2.75) is 427 Å². The van der Waals surface area contributed by atoms with Crippen molar-refractivity contribution in [2.75, 3.05) is 39.6 Å². The number of nitriles is 2. The molecule has 8 nitrogen and oxygen atoms in total. The summed E-state index contributed by atoms with van der Waals surface area (Å²) in [5, 5.41) is 21.7. The fraction of sp³-hybridized carbons (Fsp3) is 0.783. The van der Waals surface area contributed by atoms with Crippen LogP contribution in [0, 0.1) is 22.7 Å². The quantitative estimate of drug-likeness (QED) is 0.0515.